The van der Waals surface area contributed by atoms with E-state index in [1.807, 2.05) is 4.98 Å². The van der Waals surface area contributed by atoms with Gasteiger partial charge in [0.05, 0.1) is 5.57 Å². The summed E-state index contributed by atoms with van der Waals surface area (Å²) >= 11 is 0. The van der Waals surface area contributed by atoms with Crippen LogP contribution in [-0.2, 0) is 0 Å². The molecule has 1 heterocycles. The van der Waals surface area contributed by atoms with E-state index in [-0.39, 0.29) is 24.1 Å². The van der Waals surface area contributed by atoms with Crippen LogP contribution in [0.3, 0.4) is 0 Å². The molecule has 8 heteroatoms. The Morgan fingerprint density at radius 3 is 2.65 bits per heavy atom. The molecule has 0 saturated carbocycles. The van der Waals surface area contributed by atoms with Gasteiger partial charge in [-0.3, -0.25) is 14.3 Å². The van der Waals surface area contributed by atoms with Crippen molar-refractivity contribution in [2.24, 2.45) is 0 Å². The lowest BCUT2D eigenvalue weighted by Gasteiger charge is -2.17. The minimum atomic E-state index is -4.50. The molecule has 2 rings (SSSR count). The maximum absolute atomic E-state index is 12.6. The molecule has 1 aliphatic carbocycles. The van der Waals surface area contributed by atoms with Crippen LogP contribution in [0.25, 0.3) is 5.70 Å². The smallest absolute Gasteiger partial charge is 0.273 e. The van der Waals surface area contributed by atoms with Gasteiger partial charge in [0.15, 0.2) is 0 Å². The molecule has 0 fully saturated rings. The average Bonchev–Trinajstić information content (AvgIpc) is 2.38. The molecule has 1 N–H and O–H groups in total. The fourth-order valence-electron chi connectivity index (χ4n) is 1.84. The Morgan fingerprint density at radius 1 is 1.35 bits per heavy atom. The zero-order valence-electron chi connectivity index (χ0n) is 9.99. The molecule has 0 aliphatic heterocycles. The summed E-state index contributed by atoms with van der Waals surface area (Å²) < 4.78 is 38.8. The molecule has 0 radical (unpaired) electrons. The maximum Gasteiger partial charge on any atom is 0.416 e. The lowest BCUT2D eigenvalue weighted by Crippen LogP contribution is -2.31. The molecule has 1 aliphatic rings. The van der Waals surface area contributed by atoms with Crippen LogP contribution in [0.2, 0.25) is 0 Å². The Labute approximate surface area is 110 Å². The molecule has 20 heavy (non-hydrogen) atoms. The second kappa shape index (κ2) is 4.85. The molecular weight excluding hydrogens is 275 g/mol. The van der Waals surface area contributed by atoms with Crippen LogP contribution in [0.1, 0.15) is 18.4 Å². The van der Waals surface area contributed by atoms with E-state index < -0.39 is 23.0 Å². The number of hydrogen-bond acceptors (Lipinski definition) is 3. The van der Waals surface area contributed by atoms with Gasteiger partial charge in [-0.15, -0.1) is 0 Å². The van der Waals surface area contributed by atoms with Gasteiger partial charge >= 0.3 is 11.9 Å². The van der Waals surface area contributed by atoms with Gasteiger partial charge in [0.2, 0.25) is 0 Å². The van der Waals surface area contributed by atoms with Crippen LogP contribution in [0, 0.1) is 11.3 Å². The maximum atomic E-state index is 12.6. The third-order valence-corrected chi connectivity index (χ3v) is 2.79. The summed E-state index contributed by atoms with van der Waals surface area (Å²) in [5.41, 5.74) is -2.85. The number of hydrogen-bond donors (Lipinski definition) is 1. The molecule has 5 nitrogen and oxygen atoms in total. The monoisotopic (exact) mass is 283 g/mol. The number of alkyl halides is 3. The second-order valence-corrected chi connectivity index (χ2v) is 4.12. The predicted octanol–water partition coefficient (Wildman–Crippen LogP) is 1.53. The standard InChI is InChI=1S/C12H8F3N3O2/c13-12(14,15)8-2-1-3-9(4-8)18-6-7(5-16)10(19)17-11(18)20/h2,4,6H,1,3H2,(H,17,19,20). The Balaban J connectivity index is 2.56. The molecule has 1 aromatic heterocycles. The first kappa shape index (κ1) is 13.9. The van der Waals surface area contributed by atoms with Crippen molar-refractivity contribution < 1.29 is 13.2 Å². The van der Waals surface area contributed by atoms with E-state index in [0.29, 0.717) is 0 Å². The van der Waals surface area contributed by atoms with E-state index in [4.69, 9.17) is 5.26 Å². The van der Waals surface area contributed by atoms with Crippen LogP contribution in [0.5, 0.6) is 0 Å². The third kappa shape index (κ3) is 2.56. The van der Waals surface area contributed by atoms with Gasteiger partial charge in [-0.05, 0) is 18.9 Å². The van der Waals surface area contributed by atoms with Crippen LogP contribution in [0.15, 0.2) is 33.5 Å². The van der Waals surface area contributed by atoms with Gasteiger partial charge in [0.25, 0.3) is 5.56 Å². The summed E-state index contributed by atoms with van der Waals surface area (Å²) in [4.78, 5) is 24.7. The van der Waals surface area contributed by atoms with E-state index in [1.165, 1.54) is 0 Å². The quantitative estimate of drug-likeness (QED) is 0.849. The van der Waals surface area contributed by atoms with E-state index in [9.17, 15) is 22.8 Å². The number of nitrogens with zero attached hydrogens (tertiary/aromatic N) is 2. The first-order chi connectivity index (χ1) is 9.32. The highest BCUT2D eigenvalue weighted by atomic mass is 19.4. The minimum absolute atomic E-state index is 0.0811. The SMILES string of the molecule is N#Cc1cn(C2=CC(C(F)(F)F)=CCC2)c(=O)[nH]c1=O. The summed E-state index contributed by atoms with van der Waals surface area (Å²) in [6.07, 6.45) is -1.36. The summed E-state index contributed by atoms with van der Waals surface area (Å²) in [6.45, 7) is 0. The Morgan fingerprint density at radius 2 is 2.05 bits per heavy atom. The van der Waals surface area contributed by atoms with Gasteiger partial charge in [0, 0.05) is 11.9 Å². The van der Waals surface area contributed by atoms with Crippen molar-refractivity contribution in [3.63, 3.8) is 0 Å². The molecule has 0 bridgehead atoms. The van der Waals surface area contributed by atoms with Crippen LogP contribution >= 0.6 is 0 Å². The molecule has 0 amide bonds. The molecule has 0 unspecified atom stereocenters. The lowest BCUT2D eigenvalue weighted by atomic mass is 10.0. The summed E-state index contributed by atoms with van der Waals surface area (Å²) in [6, 6.07) is 1.58. The van der Waals surface area contributed by atoms with Crippen LogP contribution in [0.4, 0.5) is 13.2 Å². The van der Waals surface area contributed by atoms with Gasteiger partial charge in [-0.2, -0.15) is 18.4 Å². The van der Waals surface area contributed by atoms with E-state index in [2.05, 4.69) is 0 Å². The average molecular weight is 283 g/mol. The highest BCUT2D eigenvalue weighted by Gasteiger charge is 2.33. The lowest BCUT2D eigenvalue weighted by molar-refractivity contribution is -0.0885. The minimum Gasteiger partial charge on any atom is -0.273 e. The van der Waals surface area contributed by atoms with Gasteiger partial charge in [-0.1, -0.05) is 6.08 Å². The van der Waals surface area contributed by atoms with Crippen LogP contribution < -0.4 is 11.2 Å². The zero-order valence-corrected chi connectivity index (χ0v) is 9.99. The van der Waals surface area contributed by atoms with Gasteiger partial charge in [0.1, 0.15) is 11.6 Å². The van der Waals surface area contributed by atoms with E-state index >= 15 is 0 Å². The predicted molar refractivity (Wildman–Crippen MR) is 63.7 cm³/mol. The van der Waals surface area contributed by atoms with Crippen molar-refractivity contribution in [1.29, 1.82) is 5.26 Å². The van der Waals surface area contributed by atoms with Crippen molar-refractivity contribution in [3.8, 4) is 6.07 Å². The number of aromatic amines is 1. The van der Waals surface area contributed by atoms with Gasteiger partial charge in [-0.25, -0.2) is 4.79 Å². The molecule has 0 saturated heterocycles. The Bertz CT molecular complexity index is 760. The Hall–Kier alpha value is -2.56. The van der Waals surface area contributed by atoms with Crippen LogP contribution in [-0.4, -0.2) is 15.7 Å². The van der Waals surface area contributed by atoms with E-state index in [1.54, 1.807) is 6.07 Å². The topological polar surface area (TPSA) is 78.7 Å². The highest BCUT2D eigenvalue weighted by molar-refractivity contribution is 5.54. The highest BCUT2D eigenvalue weighted by Crippen LogP contribution is 2.32. The first-order valence-corrected chi connectivity index (χ1v) is 5.57. The molecule has 0 atom stereocenters. The number of nitrogens with one attached hydrogen (secondary N) is 1. The van der Waals surface area contributed by atoms with Crippen molar-refractivity contribution in [3.05, 3.63) is 50.3 Å². The summed E-state index contributed by atoms with van der Waals surface area (Å²) in [5, 5.41) is 8.72. The second-order valence-electron chi connectivity index (χ2n) is 4.12. The Kier molecular flexibility index (Phi) is 3.36. The zero-order chi connectivity index (χ0) is 14.9. The third-order valence-electron chi connectivity index (χ3n) is 2.79. The number of nitriles is 1. The first-order valence-electron chi connectivity index (χ1n) is 5.57. The molecule has 0 aromatic carbocycles. The van der Waals surface area contributed by atoms with Gasteiger partial charge < -0.3 is 0 Å². The molecule has 1 aromatic rings. The summed E-state index contributed by atoms with van der Waals surface area (Å²) in [5.74, 6) is 0. The number of rotatable bonds is 1. The largest absolute Gasteiger partial charge is 0.416 e. The molecule has 104 valence electrons. The summed E-state index contributed by atoms with van der Waals surface area (Å²) in [7, 11) is 0. The normalized spacial score (nSPS) is 15.3. The number of halogens is 3. The molecular formula is C12H8F3N3O2. The number of H-pyrrole nitrogens is 1. The van der Waals surface area contributed by atoms with Crippen molar-refractivity contribution in [2.45, 2.75) is 19.0 Å². The molecule has 0 spiro atoms. The van der Waals surface area contributed by atoms with Crippen molar-refractivity contribution >= 4 is 5.70 Å². The fourth-order valence-corrected chi connectivity index (χ4v) is 1.84. The van der Waals surface area contributed by atoms with Crippen molar-refractivity contribution in [2.75, 3.05) is 0 Å². The van der Waals surface area contributed by atoms with E-state index in [0.717, 1.165) is 22.9 Å². The number of allylic oxidation sites excluding steroid dienone is 4. The fraction of sp³-hybridized carbons (Fsp3) is 0.250. The van der Waals surface area contributed by atoms with Crippen molar-refractivity contribution in [1.82, 2.24) is 9.55 Å². The number of aromatic nitrogens is 2.